The Bertz CT molecular complexity index is 781. The predicted octanol–water partition coefficient (Wildman–Crippen LogP) is 3.93. The van der Waals surface area contributed by atoms with E-state index in [1.165, 1.54) is 17.5 Å². The highest BCUT2D eigenvalue weighted by Gasteiger charge is 2.18. The van der Waals surface area contributed by atoms with Crippen LogP contribution in [0.4, 0.5) is 5.69 Å². The molecule has 116 valence electrons. The average molecular weight is 315 g/mol. The molecule has 0 radical (unpaired) electrons. The van der Waals surface area contributed by atoms with Crippen LogP contribution in [0.15, 0.2) is 47.4 Å². The smallest absolute Gasteiger partial charge is 0.261 e. The number of para-hydroxylation sites is 1. The van der Waals surface area contributed by atoms with Gasteiger partial charge in [0.1, 0.15) is 0 Å². The molecule has 0 heterocycles. The molecule has 0 amide bonds. The fourth-order valence-corrected chi connectivity index (χ4v) is 4.16. The van der Waals surface area contributed by atoms with Gasteiger partial charge in [-0.1, -0.05) is 31.2 Å². The van der Waals surface area contributed by atoms with Crippen molar-refractivity contribution < 1.29 is 8.42 Å². The van der Waals surface area contributed by atoms with E-state index in [9.17, 15) is 8.42 Å². The van der Waals surface area contributed by atoms with Crippen LogP contribution < -0.4 is 4.72 Å². The molecule has 0 atom stereocenters. The molecule has 2 aromatic carbocycles. The number of aryl methyl sites for hydroxylation is 3. The van der Waals surface area contributed by atoms with E-state index in [1.807, 2.05) is 43.3 Å². The first-order valence-corrected chi connectivity index (χ1v) is 9.31. The number of nitrogens with one attached hydrogen (secondary N) is 1. The van der Waals surface area contributed by atoms with Crippen molar-refractivity contribution in [1.82, 2.24) is 0 Å². The van der Waals surface area contributed by atoms with Crippen molar-refractivity contribution in [3.8, 4) is 0 Å². The minimum absolute atomic E-state index is 0.360. The summed E-state index contributed by atoms with van der Waals surface area (Å²) in [5.74, 6) is 0. The van der Waals surface area contributed by atoms with Gasteiger partial charge in [-0.3, -0.25) is 4.72 Å². The molecule has 3 rings (SSSR count). The van der Waals surface area contributed by atoms with E-state index in [0.29, 0.717) is 10.6 Å². The number of fused-ring (bicyclic) bond motifs is 1. The Morgan fingerprint density at radius 2 is 1.73 bits per heavy atom. The molecule has 1 aliphatic rings. The molecular formula is C18H21NO2S. The monoisotopic (exact) mass is 315 g/mol. The van der Waals surface area contributed by atoms with Gasteiger partial charge in [0.2, 0.25) is 0 Å². The summed E-state index contributed by atoms with van der Waals surface area (Å²) in [5, 5.41) is 0. The zero-order valence-electron chi connectivity index (χ0n) is 12.8. The van der Waals surface area contributed by atoms with Crippen LogP contribution in [0.1, 0.15) is 36.5 Å². The second-order valence-corrected chi connectivity index (χ2v) is 7.44. The van der Waals surface area contributed by atoms with E-state index in [2.05, 4.69) is 4.72 Å². The predicted molar refractivity (Wildman–Crippen MR) is 89.7 cm³/mol. The van der Waals surface area contributed by atoms with Crippen molar-refractivity contribution >= 4 is 15.7 Å². The number of anilines is 1. The Morgan fingerprint density at radius 3 is 2.50 bits per heavy atom. The molecule has 0 saturated carbocycles. The Hall–Kier alpha value is -1.81. The summed E-state index contributed by atoms with van der Waals surface area (Å²) in [4.78, 5) is 0.360. The highest BCUT2D eigenvalue weighted by molar-refractivity contribution is 7.92. The third-order valence-electron chi connectivity index (χ3n) is 4.27. The summed E-state index contributed by atoms with van der Waals surface area (Å²) < 4.78 is 28.0. The van der Waals surface area contributed by atoms with Crippen molar-refractivity contribution in [1.29, 1.82) is 0 Å². The second-order valence-electron chi connectivity index (χ2n) is 5.75. The first-order valence-electron chi connectivity index (χ1n) is 7.82. The lowest BCUT2D eigenvalue weighted by Crippen LogP contribution is -2.15. The van der Waals surface area contributed by atoms with Crippen LogP contribution in [0.2, 0.25) is 0 Å². The highest BCUT2D eigenvalue weighted by atomic mass is 32.2. The van der Waals surface area contributed by atoms with Gasteiger partial charge in [0.25, 0.3) is 10.0 Å². The Balaban J connectivity index is 1.93. The van der Waals surface area contributed by atoms with Gasteiger partial charge in [0.05, 0.1) is 10.6 Å². The van der Waals surface area contributed by atoms with Crippen LogP contribution in [0.25, 0.3) is 0 Å². The Morgan fingerprint density at radius 1 is 1.00 bits per heavy atom. The molecule has 22 heavy (non-hydrogen) atoms. The van der Waals surface area contributed by atoms with Crippen LogP contribution in [0, 0.1) is 0 Å². The van der Waals surface area contributed by atoms with E-state index < -0.39 is 10.0 Å². The molecule has 1 aliphatic carbocycles. The van der Waals surface area contributed by atoms with Crippen molar-refractivity contribution in [2.45, 2.75) is 43.9 Å². The first kappa shape index (κ1) is 15.1. The van der Waals surface area contributed by atoms with E-state index in [-0.39, 0.29) is 0 Å². The fourth-order valence-electron chi connectivity index (χ4n) is 3.01. The van der Waals surface area contributed by atoms with Crippen LogP contribution >= 0.6 is 0 Å². The summed E-state index contributed by atoms with van der Waals surface area (Å²) in [6, 6.07) is 13.1. The molecule has 4 heteroatoms. The van der Waals surface area contributed by atoms with Gasteiger partial charge in [-0.15, -0.1) is 0 Å². The molecule has 0 fully saturated rings. The Labute approximate surface area is 132 Å². The van der Waals surface area contributed by atoms with Crippen LogP contribution in [0.5, 0.6) is 0 Å². The quantitative estimate of drug-likeness (QED) is 0.929. The summed E-state index contributed by atoms with van der Waals surface area (Å²) in [5.41, 5.74) is 4.14. The molecular weight excluding hydrogens is 294 g/mol. The molecule has 0 unspecified atom stereocenters. The van der Waals surface area contributed by atoms with Gasteiger partial charge in [0, 0.05) is 0 Å². The van der Waals surface area contributed by atoms with Crippen LogP contribution in [0.3, 0.4) is 0 Å². The number of benzene rings is 2. The molecule has 2 aromatic rings. The molecule has 0 aromatic heterocycles. The zero-order chi connectivity index (χ0) is 15.6. The first-order chi connectivity index (χ1) is 10.6. The highest BCUT2D eigenvalue weighted by Crippen LogP contribution is 2.26. The third kappa shape index (κ3) is 3.02. The summed E-state index contributed by atoms with van der Waals surface area (Å²) in [6.07, 6.45) is 5.17. The minimum atomic E-state index is -3.53. The van der Waals surface area contributed by atoms with E-state index in [0.717, 1.165) is 31.2 Å². The van der Waals surface area contributed by atoms with Crippen LogP contribution in [-0.4, -0.2) is 8.42 Å². The third-order valence-corrected chi connectivity index (χ3v) is 5.64. The van der Waals surface area contributed by atoms with Gasteiger partial charge in [-0.05, 0) is 67.0 Å². The molecule has 0 spiro atoms. The average Bonchev–Trinajstić information content (AvgIpc) is 2.54. The van der Waals surface area contributed by atoms with Crippen molar-refractivity contribution in [3.63, 3.8) is 0 Å². The molecule has 0 aliphatic heterocycles. The van der Waals surface area contributed by atoms with Gasteiger partial charge in [0.15, 0.2) is 0 Å². The van der Waals surface area contributed by atoms with Gasteiger partial charge >= 0.3 is 0 Å². The van der Waals surface area contributed by atoms with E-state index in [4.69, 9.17) is 0 Å². The van der Waals surface area contributed by atoms with Crippen molar-refractivity contribution in [3.05, 3.63) is 59.2 Å². The maximum Gasteiger partial charge on any atom is 0.261 e. The van der Waals surface area contributed by atoms with E-state index >= 15 is 0 Å². The van der Waals surface area contributed by atoms with Gasteiger partial charge in [-0.2, -0.15) is 0 Å². The lowest BCUT2D eigenvalue weighted by atomic mass is 9.92. The topological polar surface area (TPSA) is 46.2 Å². The van der Waals surface area contributed by atoms with Gasteiger partial charge < -0.3 is 0 Å². The fraction of sp³-hybridized carbons (Fsp3) is 0.333. The summed E-state index contributed by atoms with van der Waals surface area (Å²) >= 11 is 0. The number of sulfonamides is 1. The second kappa shape index (κ2) is 6.13. The van der Waals surface area contributed by atoms with Crippen molar-refractivity contribution in [2.75, 3.05) is 4.72 Å². The maximum atomic E-state index is 12.6. The summed E-state index contributed by atoms with van der Waals surface area (Å²) in [7, 11) is -3.53. The Kier molecular flexibility index (Phi) is 4.21. The maximum absolute atomic E-state index is 12.6. The normalized spacial score (nSPS) is 14.4. The van der Waals surface area contributed by atoms with Crippen molar-refractivity contribution in [2.24, 2.45) is 0 Å². The lowest BCUT2D eigenvalue weighted by molar-refractivity contribution is 0.600. The number of rotatable bonds is 4. The molecule has 3 nitrogen and oxygen atoms in total. The van der Waals surface area contributed by atoms with E-state index in [1.54, 1.807) is 6.07 Å². The standard InChI is InChI=1S/C18H21NO2S/c1-2-14-7-5-6-10-18(14)19-22(20,21)17-12-11-15-8-3-4-9-16(15)13-17/h5-7,10-13,19H,2-4,8-9H2,1H3. The minimum Gasteiger partial charge on any atom is -0.279 e. The van der Waals surface area contributed by atoms with Gasteiger partial charge in [-0.25, -0.2) is 8.42 Å². The summed E-state index contributed by atoms with van der Waals surface area (Å²) in [6.45, 7) is 2.02. The van der Waals surface area contributed by atoms with Crippen LogP contribution in [-0.2, 0) is 29.3 Å². The largest absolute Gasteiger partial charge is 0.279 e. The SMILES string of the molecule is CCc1ccccc1NS(=O)(=O)c1ccc2c(c1)CCCC2. The molecule has 1 N–H and O–H groups in total. The number of hydrogen-bond acceptors (Lipinski definition) is 2. The molecule has 0 saturated heterocycles. The zero-order valence-corrected chi connectivity index (χ0v) is 13.6. The lowest BCUT2D eigenvalue weighted by Gasteiger charge is -2.17. The molecule has 0 bridgehead atoms. The number of hydrogen-bond donors (Lipinski definition) is 1.